The molecule has 7 heteroatoms. The van der Waals surface area contributed by atoms with Crippen LogP contribution >= 0.6 is 27.3 Å². The van der Waals surface area contributed by atoms with Crippen LogP contribution < -0.4 is 0 Å². The van der Waals surface area contributed by atoms with Crippen LogP contribution in [0.1, 0.15) is 32.4 Å². The Morgan fingerprint density at radius 2 is 1.67 bits per heavy atom. The predicted molar refractivity (Wildman–Crippen MR) is 135 cm³/mol. The van der Waals surface area contributed by atoms with Gasteiger partial charge in [-0.05, 0) is 47.2 Å². The van der Waals surface area contributed by atoms with Gasteiger partial charge in [0.15, 0.2) is 0 Å². The molecule has 3 heterocycles. The van der Waals surface area contributed by atoms with Crippen molar-refractivity contribution in [2.24, 2.45) is 0 Å². The van der Waals surface area contributed by atoms with Gasteiger partial charge in [0.25, 0.3) is 5.91 Å². The van der Waals surface area contributed by atoms with Gasteiger partial charge in [0.2, 0.25) is 5.91 Å². The molecule has 2 aliphatic heterocycles. The highest BCUT2D eigenvalue weighted by molar-refractivity contribution is 9.10. The van der Waals surface area contributed by atoms with Crippen LogP contribution in [-0.4, -0.2) is 65.8 Å². The topological polar surface area (TPSA) is 43.9 Å². The summed E-state index contributed by atoms with van der Waals surface area (Å²) in [6.45, 7) is 3.55. The molecule has 0 N–H and O–H groups in total. The minimum Gasteiger partial charge on any atom is -0.338 e. The fourth-order valence-electron chi connectivity index (χ4n) is 4.80. The fraction of sp³-hybridized carbons (Fsp3) is 0.308. The molecule has 2 aromatic carbocycles. The summed E-state index contributed by atoms with van der Waals surface area (Å²) in [5, 5.41) is 2.16. The molecular weight excluding hydrogens is 498 g/mol. The number of thiophene rings is 1. The van der Waals surface area contributed by atoms with Crippen molar-refractivity contribution in [3.8, 4) is 0 Å². The summed E-state index contributed by atoms with van der Waals surface area (Å²) in [6.07, 6.45) is 0.985. The average Bonchev–Trinajstić information content (AvgIpc) is 3.33. The zero-order chi connectivity index (χ0) is 22.8. The molecule has 1 unspecified atom stereocenters. The molecule has 0 saturated carbocycles. The first-order valence-electron chi connectivity index (χ1n) is 11.3. The molecular formula is C26H26BrN3O2S. The van der Waals surface area contributed by atoms with Crippen LogP contribution in [0.5, 0.6) is 0 Å². The Morgan fingerprint density at radius 1 is 0.909 bits per heavy atom. The molecule has 3 aromatic rings. The molecule has 170 valence electrons. The first kappa shape index (κ1) is 22.3. The Labute approximate surface area is 206 Å². The van der Waals surface area contributed by atoms with Gasteiger partial charge in [-0.2, -0.15) is 0 Å². The van der Waals surface area contributed by atoms with E-state index in [9.17, 15) is 9.59 Å². The summed E-state index contributed by atoms with van der Waals surface area (Å²) in [5.74, 6) is 0.165. The van der Waals surface area contributed by atoms with Crippen molar-refractivity contribution < 1.29 is 9.59 Å². The van der Waals surface area contributed by atoms with E-state index in [1.54, 1.807) is 0 Å². The molecule has 1 aromatic heterocycles. The third-order valence-corrected chi connectivity index (χ3v) is 8.00. The van der Waals surface area contributed by atoms with Crippen LogP contribution in [-0.2, 0) is 11.2 Å². The van der Waals surface area contributed by atoms with Crippen molar-refractivity contribution in [1.82, 2.24) is 14.7 Å². The SMILES string of the molecule is O=C(CN1CCc2sccc2C1c1ccccc1)N1CCN(C(=O)c2cccc(Br)c2)CC1. The van der Waals surface area contributed by atoms with E-state index >= 15 is 0 Å². The molecule has 2 aliphatic rings. The van der Waals surface area contributed by atoms with Crippen LogP contribution in [0.3, 0.4) is 0 Å². The Bertz CT molecular complexity index is 1140. The molecule has 33 heavy (non-hydrogen) atoms. The molecule has 5 nitrogen and oxygen atoms in total. The summed E-state index contributed by atoms with van der Waals surface area (Å²) in [5.41, 5.74) is 3.23. The zero-order valence-corrected chi connectivity index (χ0v) is 20.7. The average molecular weight is 524 g/mol. The van der Waals surface area contributed by atoms with E-state index < -0.39 is 0 Å². The Kier molecular flexibility index (Phi) is 6.62. The number of carbonyl (C=O) groups excluding carboxylic acids is 2. The normalized spacial score (nSPS) is 18.8. The number of halogens is 1. The van der Waals surface area contributed by atoms with Crippen molar-refractivity contribution in [3.05, 3.63) is 92.1 Å². The number of hydrogen-bond donors (Lipinski definition) is 0. The molecule has 0 bridgehead atoms. The number of amides is 2. The summed E-state index contributed by atoms with van der Waals surface area (Å²) < 4.78 is 0.894. The molecule has 1 saturated heterocycles. The van der Waals surface area contributed by atoms with Crippen molar-refractivity contribution in [2.75, 3.05) is 39.3 Å². The van der Waals surface area contributed by atoms with Crippen LogP contribution in [0, 0.1) is 0 Å². The number of benzene rings is 2. The van der Waals surface area contributed by atoms with E-state index in [4.69, 9.17) is 0 Å². The van der Waals surface area contributed by atoms with Crippen LogP contribution in [0.4, 0.5) is 0 Å². The van der Waals surface area contributed by atoms with E-state index in [0.717, 1.165) is 17.4 Å². The lowest BCUT2D eigenvalue weighted by molar-refractivity contribution is -0.134. The van der Waals surface area contributed by atoms with Gasteiger partial charge in [0.1, 0.15) is 0 Å². The Hall–Kier alpha value is -2.48. The quantitative estimate of drug-likeness (QED) is 0.507. The smallest absolute Gasteiger partial charge is 0.254 e. The molecule has 1 fully saturated rings. The number of rotatable bonds is 4. The van der Waals surface area contributed by atoms with Gasteiger partial charge in [-0.3, -0.25) is 14.5 Å². The summed E-state index contributed by atoms with van der Waals surface area (Å²) in [6, 6.07) is 20.3. The van der Waals surface area contributed by atoms with Crippen molar-refractivity contribution in [3.63, 3.8) is 0 Å². The summed E-state index contributed by atoms with van der Waals surface area (Å²) >= 11 is 5.24. The molecule has 5 rings (SSSR count). The molecule has 0 spiro atoms. The highest BCUT2D eigenvalue weighted by Gasteiger charge is 2.33. The summed E-state index contributed by atoms with van der Waals surface area (Å²) in [7, 11) is 0. The van der Waals surface area contributed by atoms with Gasteiger partial charge >= 0.3 is 0 Å². The lowest BCUT2D eigenvalue weighted by Gasteiger charge is -2.39. The van der Waals surface area contributed by atoms with E-state index in [2.05, 4.69) is 56.5 Å². The number of nitrogens with zero attached hydrogens (tertiary/aromatic N) is 3. The lowest BCUT2D eigenvalue weighted by Crippen LogP contribution is -2.53. The van der Waals surface area contributed by atoms with E-state index in [-0.39, 0.29) is 17.9 Å². The maximum Gasteiger partial charge on any atom is 0.254 e. The monoisotopic (exact) mass is 523 g/mol. The molecule has 2 amide bonds. The van der Waals surface area contributed by atoms with E-state index in [1.807, 2.05) is 51.5 Å². The first-order chi connectivity index (χ1) is 16.1. The highest BCUT2D eigenvalue weighted by atomic mass is 79.9. The van der Waals surface area contributed by atoms with Crippen LogP contribution in [0.15, 0.2) is 70.5 Å². The van der Waals surface area contributed by atoms with Crippen molar-refractivity contribution >= 4 is 39.1 Å². The van der Waals surface area contributed by atoms with Crippen LogP contribution in [0.2, 0.25) is 0 Å². The lowest BCUT2D eigenvalue weighted by atomic mass is 9.93. The molecule has 0 aliphatic carbocycles. The fourth-order valence-corrected chi connectivity index (χ4v) is 6.10. The number of piperazine rings is 1. The zero-order valence-electron chi connectivity index (χ0n) is 18.3. The molecule has 0 radical (unpaired) electrons. The Balaban J connectivity index is 1.24. The van der Waals surface area contributed by atoms with Gasteiger partial charge < -0.3 is 9.80 Å². The first-order valence-corrected chi connectivity index (χ1v) is 13.0. The standard InChI is InChI=1S/C26H26BrN3O2S/c27-21-8-4-7-20(17-21)26(32)29-14-12-28(13-15-29)24(31)18-30-11-9-23-22(10-16-33-23)25(30)19-5-2-1-3-6-19/h1-8,10,16-17,25H,9,11-15,18H2. The highest BCUT2D eigenvalue weighted by Crippen LogP contribution is 2.37. The maximum absolute atomic E-state index is 13.3. The number of carbonyl (C=O) groups is 2. The van der Waals surface area contributed by atoms with Crippen molar-refractivity contribution in [1.29, 1.82) is 0 Å². The third-order valence-electron chi connectivity index (χ3n) is 6.51. The van der Waals surface area contributed by atoms with Gasteiger partial charge in [-0.25, -0.2) is 0 Å². The molecule has 1 atom stereocenters. The Morgan fingerprint density at radius 3 is 2.42 bits per heavy atom. The van der Waals surface area contributed by atoms with E-state index in [0.29, 0.717) is 38.3 Å². The number of fused-ring (bicyclic) bond motifs is 1. The van der Waals surface area contributed by atoms with Gasteiger partial charge in [0, 0.05) is 47.6 Å². The largest absolute Gasteiger partial charge is 0.338 e. The number of hydrogen-bond acceptors (Lipinski definition) is 4. The maximum atomic E-state index is 13.3. The minimum absolute atomic E-state index is 0.0218. The second-order valence-corrected chi connectivity index (χ2v) is 10.4. The third kappa shape index (κ3) is 4.76. The van der Waals surface area contributed by atoms with E-state index in [1.165, 1.54) is 16.0 Å². The van der Waals surface area contributed by atoms with Gasteiger partial charge in [-0.1, -0.05) is 52.3 Å². The summed E-state index contributed by atoms with van der Waals surface area (Å²) in [4.78, 5) is 33.6. The van der Waals surface area contributed by atoms with Crippen LogP contribution in [0.25, 0.3) is 0 Å². The minimum atomic E-state index is 0.0218. The second-order valence-electron chi connectivity index (χ2n) is 8.52. The van der Waals surface area contributed by atoms with Crippen molar-refractivity contribution in [2.45, 2.75) is 12.5 Å². The predicted octanol–water partition coefficient (Wildman–Crippen LogP) is 4.44. The second kappa shape index (κ2) is 9.79. The van der Waals surface area contributed by atoms with Gasteiger partial charge in [-0.15, -0.1) is 11.3 Å². The van der Waals surface area contributed by atoms with Gasteiger partial charge in [0.05, 0.1) is 12.6 Å².